The number of hydrogen-bond donors (Lipinski definition) is 3. The van der Waals surface area contributed by atoms with Gasteiger partial charge in [0.1, 0.15) is 11.6 Å². The van der Waals surface area contributed by atoms with Crippen LogP contribution >= 0.6 is 0 Å². The van der Waals surface area contributed by atoms with E-state index in [0.29, 0.717) is 30.3 Å². The Balaban J connectivity index is 1.44. The van der Waals surface area contributed by atoms with Gasteiger partial charge in [-0.05, 0) is 55.8 Å². The molecule has 0 atom stereocenters. The second-order valence-electron chi connectivity index (χ2n) is 6.20. The van der Waals surface area contributed by atoms with Gasteiger partial charge in [-0.15, -0.1) is 10.2 Å². The molecule has 0 fully saturated rings. The van der Waals surface area contributed by atoms with Gasteiger partial charge < -0.3 is 16.0 Å². The van der Waals surface area contributed by atoms with E-state index >= 15 is 0 Å². The molecule has 0 unspecified atom stereocenters. The molecule has 3 rings (SSSR count). The third-order valence-corrected chi connectivity index (χ3v) is 3.83. The van der Waals surface area contributed by atoms with Crippen LogP contribution in [0.2, 0.25) is 0 Å². The fraction of sp³-hybridized carbons (Fsp3) is 0.200. The third-order valence-electron chi connectivity index (χ3n) is 3.83. The maximum Gasteiger partial charge on any atom is 0.251 e. The quantitative estimate of drug-likeness (QED) is 0.560. The molecule has 3 N–H and O–H groups in total. The second-order valence-corrected chi connectivity index (χ2v) is 6.20. The summed E-state index contributed by atoms with van der Waals surface area (Å²) in [7, 11) is 0. The number of nitrogens with one attached hydrogen (secondary N) is 3. The normalized spacial score (nSPS) is 10.3. The SMILES string of the molecule is Cc1cccc(C(=O)NCCNc2ccc(Nc3cc(C)ccn3)nn2)c1. The Hall–Kier alpha value is -3.48. The number of anilines is 3. The van der Waals surface area contributed by atoms with Crippen molar-refractivity contribution >= 4 is 23.4 Å². The maximum atomic E-state index is 12.1. The molecule has 0 aliphatic heterocycles. The van der Waals surface area contributed by atoms with Gasteiger partial charge in [-0.25, -0.2) is 4.98 Å². The van der Waals surface area contributed by atoms with Gasteiger partial charge in [0.25, 0.3) is 5.91 Å². The minimum atomic E-state index is -0.0863. The molecule has 0 aliphatic carbocycles. The van der Waals surface area contributed by atoms with E-state index in [2.05, 4.69) is 31.1 Å². The lowest BCUT2D eigenvalue weighted by Gasteiger charge is -2.08. The van der Waals surface area contributed by atoms with Crippen molar-refractivity contribution < 1.29 is 4.79 Å². The van der Waals surface area contributed by atoms with Crippen LogP contribution in [0.15, 0.2) is 54.7 Å². The number of rotatable bonds is 7. The highest BCUT2D eigenvalue weighted by molar-refractivity contribution is 5.94. The van der Waals surface area contributed by atoms with E-state index in [1.807, 2.05) is 56.3 Å². The number of benzene rings is 1. The van der Waals surface area contributed by atoms with Gasteiger partial charge in [-0.1, -0.05) is 17.7 Å². The van der Waals surface area contributed by atoms with Crippen molar-refractivity contribution in [2.24, 2.45) is 0 Å². The molecule has 27 heavy (non-hydrogen) atoms. The highest BCUT2D eigenvalue weighted by Crippen LogP contribution is 2.13. The van der Waals surface area contributed by atoms with Crippen molar-refractivity contribution in [1.29, 1.82) is 0 Å². The first-order valence-electron chi connectivity index (χ1n) is 8.72. The van der Waals surface area contributed by atoms with Crippen LogP contribution in [0, 0.1) is 13.8 Å². The van der Waals surface area contributed by atoms with Crippen molar-refractivity contribution in [1.82, 2.24) is 20.5 Å². The van der Waals surface area contributed by atoms with Crippen molar-refractivity contribution in [2.45, 2.75) is 13.8 Å². The van der Waals surface area contributed by atoms with Crippen molar-refractivity contribution in [3.05, 3.63) is 71.4 Å². The van der Waals surface area contributed by atoms with Crippen molar-refractivity contribution in [2.75, 3.05) is 23.7 Å². The van der Waals surface area contributed by atoms with E-state index in [0.717, 1.165) is 16.9 Å². The Morgan fingerprint density at radius 1 is 0.889 bits per heavy atom. The van der Waals surface area contributed by atoms with Crippen LogP contribution in [0.4, 0.5) is 17.5 Å². The third kappa shape index (κ3) is 5.50. The Morgan fingerprint density at radius 3 is 2.41 bits per heavy atom. The molecule has 2 heterocycles. The molecule has 1 amide bonds. The molecular weight excluding hydrogens is 340 g/mol. The van der Waals surface area contributed by atoms with E-state index in [9.17, 15) is 4.79 Å². The monoisotopic (exact) mass is 362 g/mol. The summed E-state index contributed by atoms with van der Waals surface area (Å²) in [5.74, 6) is 1.90. The highest BCUT2D eigenvalue weighted by Gasteiger charge is 2.04. The number of pyridine rings is 1. The molecule has 0 aliphatic rings. The first-order valence-corrected chi connectivity index (χ1v) is 8.72. The predicted octanol–water partition coefficient (Wildman–Crippen LogP) is 3.07. The van der Waals surface area contributed by atoms with Gasteiger partial charge in [0.05, 0.1) is 0 Å². The number of carbonyl (C=O) groups is 1. The van der Waals surface area contributed by atoms with E-state index < -0.39 is 0 Å². The molecule has 0 bridgehead atoms. The van der Waals surface area contributed by atoms with Crippen LogP contribution in [0.1, 0.15) is 21.5 Å². The summed E-state index contributed by atoms with van der Waals surface area (Å²) < 4.78 is 0. The van der Waals surface area contributed by atoms with Crippen LogP contribution in [0.5, 0.6) is 0 Å². The Kier molecular flexibility index (Phi) is 5.94. The summed E-state index contributed by atoms with van der Waals surface area (Å²) in [4.78, 5) is 16.3. The molecule has 2 aromatic heterocycles. The van der Waals surface area contributed by atoms with Gasteiger partial charge >= 0.3 is 0 Å². The average molecular weight is 362 g/mol. The van der Waals surface area contributed by atoms with Crippen LogP contribution in [0.25, 0.3) is 0 Å². The largest absolute Gasteiger partial charge is 0.367 e. The van der Waals surface area contributed by atoms with Gasteiger partial charge in [-0.3, -0.25) is 4.79 Å². The van der Waals surface area contributed by atoms with E-state index in [-0.39, 0.29) is 5.91 Å². The Morgan fingerprint density at radius 2 is 1.67 bits per heavy atom. The summed E-state index contributed by atoms with van der Waals surface area (Å²) >= 11 is 0. The van der Waals surface area contributed by atoms with Gasteiger partial charge in [0, 0.05) is 24.8 Å². The summed E-state index contributed by atoms with van der Waals surface area (Å²) in [6.07, 6.45) is 1.74. The smallest absolute Gasteiger partial charge is 0.251 e. The van der Waals surface area contributed by atoms with E-state index in [1.54, 1.807) is 12.3 Å². The molecule has 3 aromatic rings. The Bertz CT molecular complexity index is 910. The minimum absolute atomic E-state index is 0.0863. The molecule has 7 nitrogen and oxygen atoms in total. The van der Waals surface area contributed by atoms with Crippen LogP contribution in [-0.2, 0) is 0 Å². The van der Waals surface area contributed by atoms with Gasteiger partial charge in [0.15, 0.2) is 5.82 Å². The standard InChI is InChI=1S/C20H22N6O/c1-14-4-3-5-16(12-14)20(27)23-11-10-22-17-6-7-18(26-25-17)24-19-13-15(2)8-9-21-19/h3-9,12-13H,10-11H2,1-2H3,(H,22,25)(H,23,27)(H,21,24,26). The lowest BCUT2D eigenvalue weighted by Crippen LogP contribution is -2.28. The molecule has 0 spiro atoms. The van der Waals surface area contributed by atoms with E-state index in [1.165, 1.54) is 0 Å². The molecule has 0 radical (unpaired) electrons. The molecule has 1 aromatic carbocycles. The number of aromatic nitrogens is 3. The fourth-order valence-electron chi connectivity index (χ4n) is 2.48. The number of carbonyl (C=O) groups excluding carboxylic acids is 1. The van der Waals surface area contributed by atoms with Crippen molar-refractivity contribution in [3.63, 3.8) is 0 Å². The van der Waals surface area contributed by atoms with Gasteiger partial charge in [0.2, 0.25) is 0 Å². The van der Waals surface area contributed by atoms with Crippen LogP contribution in [0.3, 0.4) is 0 Å². The molecule has 138 valence electrons. The van der Waals surface area contributed by atoms with Crippen LogP contribution in [-0.4, -0.2) is 34.2 Å². The Labute approximate surface area is 158 Å². The molecular formula is C20H22N6O. The zero-order valence-corrected chi connectivity index (χ0v) is 15.4. The molecule has 0 saturated heterocycles. The maximum absolute atomic E-state index is 12.1. The summed E-state index contributed by atoms with van der Waals surface area (Å²) in [5.41, 5.74) is 2.84. The van der Waals surface area contributed by atoms with Crippen molar-refractivity contribution in [3.8, 4) is 0 Å². The molecule has 7 heteroatoms. The predicted molar refractivity (Wildman–Crippen MR) is 106 cm³/mol. The highest BCUT2D eigenvalue weighted by atomic mass is 16.1. The first kappa shape index (κ1) is 18.3. The fourth-order valence-corrected chi connectivity index (χ4v) is 2.48. The zero-order chi connectivity index (χ0) is 19.1. The topological polar surface area (TPSA) is 91.8 Å². The molecule has 0 saturated carbocycles. The van der Waals surface area contributed by atoms with Crippen LogP contribution < -0.4 is 16.0 Å². The number of hydrogen-bond acceptors (Lipinski definition) is 6. The lowest BCUT2D eigenvalue weighted by molar-refractivity contribution is 0.0955. The zero-order valence-electron chi connectivity index (χ0n) is 15.4. The summed E-state index contributed by atoms with van der Waals surface area (Å²) in [6, 6.07) is 15.0. The number of nitrogens with zero attached hydrogens (tertiary/aromatic N) is 3. The summed E-state index contributed by atoms with van der Waals surface area (Å²) in [6.45, 7) is 5.01. The second kappa shape index (κ2) is 8.75. The lowest BCUT2D eigenvalue weighted by atomic mass is 10.1. The van der Waals surface area contributed by atoms with Gasteiger partial charge in [-0.2, -0.15) is 0 Å². The first-order chi connectivity index (χ1) is 13.1. The summed E-state index contributed by atoms with van der Waals surface area (Å²) in [5, 5.41) is 17.4. The minimum Gasteiger partial charge on any atom is -0.367 e. The number of amides is 1. The average Bonchev–Trinajstić information content (AvgIpc) is 2.66. The number of aryl methyl sites for hydroxylation is 2. The van der Waals surface area contributed by atoms with E-state index in [4.69, 9.17) is 0 Å².